The molecule has 2 fully saturated rings. The molecule has 2 aliphatic heterocycles. The molecule has 0 saturated carbocycles. The minimum atomic E-state index is -0.829. The molecule has 27 heavy (non-hydrogen) atoms. The fourth-order valence-electron chi connectivity index (χ4n) is 3.46. The average molecular weight is 372 g/mol. The van der Waals surface area contributed by atoms with Gasteiger partial charge in [-0.2, -0.15) is 0 Å². The highest BCUT2D eigenvalue weighted by molar-refractivity contribution is 5.99. The molecule has 3 rings (SSSR count). The third-order valence-electron chi connectivity index (χ3n) is 5.01. The first kappa shape index (κ1) is 18.9. The molecule has 2 saturated heterocycles. The Labute approximate surface area is 157 Å². The first-order valence-corrected chi connectivity index (χ1v) is 9.17. The molecule has 0 aromatic heterocycles. The van der Waals surface area contributed by atoms with Gasteiger partial charge in [0, 0.05) is 32.1 Å². The number of carbonyl (C=O) groups excluding carboxylic acids is 4. The molecule has 0 radical (unpaired) electrons. The van der Waals surface area contributed by atoms with Crippen LogP contribution in [0.25, 0.3) is 0 Å². The summed E-state index contributed by atoms with van der Waals surface area (Å²) in [6.45, 7) is 2.81. The number of hydrogen-bond donors (Lipinski definition) is 2. The van der Waals surface area contributed by atoms with Crippen LogP contribution in [0.2, 0.25) is 0 Å². The van der Waals surface area contributed by atoms with Crippen molar-refractivity contribution < 1.29 is 19.2 Å². The summed E-state index contributed by atoms with van der Waals surface area (Å²) >= 11 is 0. The number of nitrogens with one attached hydrogen (secondary N) is 2. The standard InChI is InChI=1S/C19H24N4O4/c1-13(24)22-10-11-23(19(27)14-6-3-2-4-7-14)16(12-22)18(26)21-15-8-5-9-20-17(15)25/h2-4,6-7,15-16H,5,8-12H2,1H3,(H,20,25)(H,21,26)/t15-,16-/m0/s1. The van der Waals surface area contributed by atoms with Crippen LogP contribution >= 0.6 is 0 Å². The summed E-state index contributed by atoms with van der Waals surface area (Å²) in [6.07, 6.45) is 1.35. The zero-order valence-electron chi connectivity index (χ0n) is 15.3. The van der Waals surface area contributed by atoms with Crippen LogP contribution in [0.4, 0.5) is 0 Å². The van der Waals surface area contributed by atoms with Gasteiger partial charge in [0.2, 0.25) is 17.7 Å². The van der Waals surface area contributed by atoms with Crippen LogP contribution in [-0.4, -0.2) is 71.7 Å². The Bertz CT molecular complexity index is 736. The summed E-state index contributed by atoms with van der Waals surface area (Å²) in [6, 6.07) is 7.31. The highest BCUT2D eigenvalue weighted by Crippen LogP contribution is 2.16. The molecule has 2 heterocycles. The van der Waals surface area contributed by atoms with Gasteiger partial charge < -0.3 is 20.4 Å². The van der Waals surface area contributed by atoms with Crippen molar-refractivity contribution in [2.24, 2.45) is 0 Å². The Hall–Kier alpha value is -2.90. The molecule has 1 aromatic rings. The van der Waals surface area contributed by atoms with Gasteiger partial charge in [0.15, 0.2) is 0 Å². The minimum Gasteiger partial charge on any atom is -0.354 e. The molecule has 0 unspecified atom stereocenters. The van der Waals surface area contributed by atoms with Crippen LogP contribution in [0.1, 0.15) is 30.1 Å². The topological polar surface area (TPSA) is 98.8 Å². The molecule has 8 heteroatoms. The van der Waals surface area contributed by atoms with Gasteiger partial charge in [0.1, 0.15) is 12.1 Å². The molecular formula is C19H24N4O4. The maximum Gasteiger partial charge on any atom is 0.254 e. The van der Waals surface area contributed by atoms with E-state index < -0.39 is 18.0 Å². The Morgan fingerprint density at radius 1 is 1.15 bits per heavy atom. The second-order valence-electron chi connectivity index (χ2n) is 6.84. The lowest BCUT2D eigenvalue weighted by Gasteiger charge is -2.40. The lowest BCUT2D eigenvalue weighted by Crippen LogP contribution is -2.63. The molecule has 144 valence electrons. The normalized spacial score (nSPS) is 22.8. The Kier molecular flexibility index (Phi) is 5.73. The number of benzene rings is 1. The SMILES string of the molecule is CC(=O)N1CCN(C(=O)c2ccccc2)[C@H](C(=O)N[C@H]2CCCNC2=O)C1. The van der Waals surface area contributed by atoms with Gasteiger partial charge in [-0.25, -0.2) is 0 Å². The highest BCUT2D eigenvalue weighted by Gasteiger charge is 2.38. The van der Waals surface area contributed by atoms with Gasteiger partial charge in [-0.1, -0.05) is 18.2 Å². The quantitative estimate of drug-likeness (QED) is 0.765. The van der Waals surface area contributed by atoms with Gasteiger partial charge in [-0.15, -0.1) is 0 Å². The summed E-state index contributed by atoms with van der Waals surface area (Å²) in [5, 5.41) is 5.48. The molecule has 4 amide bonds. The van der Waals surface area contributed by atoms with E-state index in [-0.39, 0.29) is 30.8 Å². The van der Waals surface area contributed by atoms with E-state index in [1.54, 1.807) is 29.2 Å². The van der Waals surface area contributed by atoms with Crippen molar-refractivity contribution in [3.05, 3.63) is 35.9 Å². The smallest absolute Gasteiger partial charge is 0.254 e. The number of piperazine rings is 1. The van der Waals surface area contributed by atoms with E-state index in [9.17, 15) is 19.2 Å². The monoisotopic (exact) mass is 372 g/mol. The van der Waals surface area contributed by atoms with Crippen LogP contribution in [0.5, 0.6) is 0 Å². The summed E-state index contributed by atoms with van der Waals surface area (Å²) in [4.78, 5) is 52.6. The molecule has 0 spiro atoms. The molecule has 0 aliphatic carbocycles. The number of rotatable bonds is 3. The largest absolute Gasteiger partial charge is 0.354 e. The van der Waals surface area contributed by atoms with Crippen molar-refractivity contribution in [1.82, 2.24) is 20.4 Å². The van der Waals surface area contributed by atoms with Gasteiger partial charge in [-0.3, -0.25) is 19.2 Å². The molecular weight excluding hydrogens is 348 g/mol. The summed E-state index contributed by atoms with van der Waals surface area (Å²) < 4.78 is 0. The third kappa shape index (κ3) is 4.27. The fourth-order valence-corrected chi connectivity index (χ4v) is 3.46. The van der Waals surface area contributed by atoms with Crippen LogP contribution in [0.3, 0.4) is 0 Å². The van der Waals surface area contributed by atoms with Gasteiger partial charge in [0.05, 0.1) is 6.54 Å². The van der Waals surface area contributed by atoms with Gasteiger partial charge in [-0.05, 0) is 25.0 Å². The summed E-state index contributed by atoms with van der Waals surface area (Å²) in [5.74, 6) is -1.02. The number of amides is 4. The Morgan fingerprint density at radius 3 is 2.56 bits per heavy atom. The molecule has 2 N–H and O–H groups in total. The van der Waals surface area contributed by atoms with Crippen molar-refractivity contribution in [3.8, 4) is 0 Å². The fraction of sp³-hybridized carbons (Fsp3) is 0.474. The van der Waals surface area contributed by atoms with E-state index in [0.29, 0.717) is 25.1 Å². The molecule has 8 nitrogen and oxygen atoms in total. The minimum absolute atomic E-state index is 0.119. The van der Waals surface area contributed by atoms with Crippen molar-refractivity contribution in [1.29, 1.82) is 0 Å². The predicted molar refractivity (Wildman–Crippen MR) is 97.7 cm³/mol. The second-order valence-corrected chi connectivity index (χ2v) is 6.84. The van der Waals surface area contributed by atoms with E-state index in [1.165, 1.54) is 11.8 Å². The zero-order valence-corrected chi connectivity index (χ0v) is 15.3. The van der Waals surface area contributed by atoms with Crippen LogP contribution in [0, 0.1) is 0 Å². The van der Waals surface area contributed by atoms with Crippen LogP contribution < -0.4 is 10.6 Å². The lowest BCUT2D eigenvalue weighted by atomic mass is 10.0. The van der Waals surface area contributed by atoms with E-state index in [4.69, 9.17) is 0 Å². The third-order valence-corrected chi connectivity index (χ3v) is 5.01. The van der Waals surface area contributed by atoms with E-state index >= 15 is 0 Å². The molecule has 2 atom stereocenters. The van der Waals surface area contributed by atoms with E-state index in [2.05, 4.69) is 10.6 Å². The lowest BCUT2D eigenvalue weighted by molar-refractivity contribution is -0.137. The molecule has 1 aromatic carbocycles. The van der Waals surface area contributed by atoms with Gasteiger partial charge in [0.25, 0.3) is 5.91 Å². The van der Waals surface area contributed by atoms with Crippen molar-refractivity contribution in [2.75, 3.05) is 26.2 Å². The van der Waals surface area contributed by atoms with E-state index in [0.717, 1.165) is 6.42 Å². The van der Waals surface area contributed by atoms with Crippen molar-refractivity contribution in [2.45, 2.75) is 31.8 Å². The first-order valence-electron chi connectivity index (χ1n) is 9.17. The number of hydrogen-bond acceptors (Lipinski definition) is 4. The first-order chi connectivity index (χ1) is 13.0. The van der Waals surface area contributed by atoms with Crippen molar-refractivity contribution >= 4 is 23.6 Å². The zero-order chi connectivity index (χ0) is 19.4. The van der Waals surface area contributed by atoms with Crippen molar-refractivity contribution in [3.63, 3.8) is 0 Å². The molecule has 0 bridgehead atoms. The second kappa shape index (κ2) is 8.20. The Balaban J connectivity index is 1.78. The highest BCUT2D eigenvalue weighted by atomic mass is 16.2. The summed E-state index contributed by atoms with van der Waals surface area (Å²) in [7, 11) is 0. The Morgan fingerprint density at radius 2 is 1.89 bits per heavy atom. The van der Waals surface area contributed by atoms with Crippen LogP contribution in [-0.2, 0) is 14.4 Å². The maximum absolute atomic E-state index is 12.9. The average Bonchev–Trinajstić information content (AvgIpc) is 2.69. The number of piperidine rings is 1. The van der Waals surface area contributed by atoms with Gasteiger partial charge >= 0.3 is 0 Å². The predicted octanol–water partition coefficient (Wildman–Crippen LogP) is -0.246. The molecule has 2 aliphatic rings. The summed E-state index contributed by atoms with van der Waals surface area (Å²) in [5.41, 5.74) is 0.488. The number of nitrogens with zero attached hydrogens (tertiary/aromatic N) is 2. The maximum atomic E-state index is 12.9. The number of carbonyl (C=O) groups is 4. The van der Waals surface area contributed by atoms with E-state index in [1.807, 2.05) is 6.07 Å². The van der Waals surface area contributed by atoms with Crippen LogP contribution in [0.15, 0.2) is 30.3 Å².